The van der Waals surface area contributed by atoms with Crippen molar-refractivity contribution in [2.45, 2.75) is 51.2 Å². The summed E-state index contributed by atoms with van der Waals surface area (Å²) >= 11 is 0. The van der Waals surface area contributed by atoms with Gasteiger partial charge in [0.15, 0.2) is 6.10 Å². The Morgan fingerprint density at radius 1 is 1.42 bits per heavy atom. The fraction of sp³-hybridized carbons (Fsp3) is 0.529. The van der Waals surface area contributed by atoms with Gasteiger partial charge in [-0.2, -0.15) is 0 Å². The molecule has 1 fully saturated rings. The summed E-state index contributed by atoms with van der Waals surface area (Å²) in [5.74, 6) is 0.156. The van der Waals surface area contributed by atoms with Gasteiger partial charge in [-0.25, -0.2) is 0 Å². The van der Waals surface area contributed by atoms with Gasteiger partial charge in [-0.15, -0.1) is 12.4 Å². The lowest BCUT2D eigenvalue weighted by Gasteiger charge is -2.37. The van der Waals surface area contributed by atoms with Gasteiger partial charge in [-0.3, -0.25) is 9.59 Å². The molecule has 2 amide bonds. The van der Waals surface area contributed by atoms with Gasteiger partial charge in [0, 0.05) is 11.2 Å². The number of nitrogens with two attached hydrogens (primary N) is 1. The average Bonchev–Trinajstić information content (AvgIpc) is 2.48. The molecule has 1 saturated carbocycles. The van der Waals surface area contributed by atoms with E-state index in [1.807, 2.05) is 6.92 Å². The van der Waals surface area contributed by atoms with Crippen LogP contribution in [0.15, 0.2) is 18.2 Å². The highest BCUT2D eigenvalue weighted by molar-refractivity contribution is 5.99. The number of rotatable bonds is 2. The van der Waals surface area contributed by atoms with Crippen molar-refractivity contribution in [3.8, 4) is 5.75 Å². The number of carbonyl (C=O) groups excluding carboxylic acids is 2. The Labute approximate surface area is 147 Å². The molecule has 3 rings (SSSR count). The molecular weight excluding hydrogens is 330 g/mol. The van der Waals surface area contributed by atoms with Crippen LogP contribution >= 0.6 is 12.4 Å². The van der Waals surface area contributed by atoms with Crippen molar-refractivity contribution in [1.29, 1.82) is 0 Å². The quantitative estimate of drug-likeness (QED) is 0.762. The lowest BCUT2D eigenvalue weighted by atomic mass is 9.74. The zero-order chi connectivity index (χ0) is 16.6. The van der Waals surface area contributed by atoms with E-state index in [1.165, 1.54) is 0 Å². The van der Waals surface area contributed by atoms with Gasteiger partial charge in [0.05, 0.1) is 11.6 Å². The number of hydrogen-bond donors (Lipinski definition) is 3. The summed E-state index contributed by atoms with van der Waals surface area (Å²) in [7, 11) is 0. The lowest BCUT2D eigenvalue weighted by Crippen LogP contribution is -2.51. The highest BCUT2D eigenvalue weighted by Gasteiger charge is 2.37. The van der Waals surface area contributed by atoms with E-state index in [0.29, 0.717) is 17.1 Å². The second-order valence-electron chi connectivity index (χ2n) is 6.75. The lowest BCUT2D eigenvalue weighted by molar-refractivity contribution is -0.123. The Hall–Kier alpha value is -1.79. The molecule has 0 saturated heterocycles. The molecule has 24 heavy (non-hydrogen) atoms. The summed E-state index contributed by atoms with van der Waals surface area (Å²) < 4.78 is 5.51. The van der Waals surface area contributed by atoms with E-state index >= 15 is 0 Å². The first-order valence-electron chi connectivity index (χ1n) is 8.08. The number of carbonyl (C=O) groups is 2. The summed E-state index contributed by atoms with van der Waals surface area (Å²) in [6.45, 7) is 3.64. The number of fused-ring (bicyclic) bond motifs is 1. The Morgan fingerprint density at radius 3 is 2.88 bits per heavy atom. The smallest absolute Gasteiger partial charge is 0.265 e. The first kappa shape index (κ1) is 18.5. The van der Waals surface area contributed by atoms with Crippen molar-refractivity contribution < 1.29 is 14.3 Å². The number of benzene rings is 1. The molecule has 4 N–H and O–H groups in total. The number of amides is 2. The summed E-state index contributed by atoms with van der Waals surface area (Å²) in [6.07, 6.45) is 3.25. The van der Waals surface area contributed by atoms with Crippen LogP contribution in [-0.4, -0.2) is 23.5 Å². The zero-order valence-corrected chi connectivity index (χ0v) is 14.7. The number of ether oxygens (including phenoxy) is 1. The maximum absolute atomic E-state index is 12.6. The molecule has 1 heterocycles. The third-order valence-electron chi connectivity index (χ3n) is 4.75. The summed E-state index contributed by atoms with van der Waals surface area (Å²) in [5, 5.41) is 5.70. The van der Waals surface area contributed by atoms with Crippen LogP contribution < -0.4 is 21.1 Å². The second kappa shape index (κ2) is 6.99. The molecule has 1 aromatic carbocycles. The van der Waals surface area contributed by atoms with Crippen LogP contribution in [-0.2, 0) is 9.59 Å². The molecule has 6 nitrogen and oxygen atoms in total. The highest BCUT2D eigenvalue weighted by Crippen LogP contribution is 2.35. The number of hydrogen-bond acceptors (Lipinski definition) is 4. The standard InChI is InChI=1S/C17H23N3O3.ClH/c1-10-15(21)20-13-9-11(6-7-14(13)23-10)19-16(22)12-5-3-4-8-17(12,2)18;/h6-7,9-10,12H,3-5,8,18H2,1-2H3,(H,19,22)(H,20,21);1H. The maximum atomic E-state index is 12.6. The molecule has 3 atom stereocenters. The molecule has 7 heteroatoms. The van der Waals surface area contributed by atoms with E-state index in [-0.39, 0.29) is 30.1 Å². The predicted octanol–water partition coefficient (Wildman–Crippen LogP) is 2.67. The molecule has 132 valence electrons. The van der Waals surface area contributed by atoms with E-state index in [4.69, 9.17) is 10.5 Å². The summed E-state index contributed by atoms with van der Waals surface area (Å²) in [6, 6.07) is 5.24. The van der Waals surface area contributed by atoms with Gasteiger partial charge in [0.2, 0.25) is 5.91 Å². The van der Waals surface area contributed by atoms with Crippen LogP contribution in [0.2, 0.25) is 0 Å². The fourth-order valence-corrected chi connectivity index (χ4v) is 3.30. The van der Waals surface area contributed by atoms with E-state index in [0.717, 1.165) is 25.7 Å². The molecule has 2 aliphatic rings. The largest absolute Gasteiger partial charge is 0.479 e. The van der Waals surface area contributed by atoms with Crippen LogP contribution in [0, 0.1) is 5.92 Å². The van der Waals surface area contributed by atoms with Crippen LogP contribution in [0.1, 0.15) is 39.5 Å². The van der Waals surface area contributed by atoms with E-state index in [1.54, 1.807) is 25.1 Å². The molecule has 1 aliphatic heterocycles. The Kier molecular flexibility index (Phi) is 5.40. The van der Waals surface area contributed by atoms with Crippen LogP contribution in [0.4, 0.5) is 11.4 Å². The number of halogens is 1. The van der Waals surface area contributed by atoms with Crippen molar-refractivity contribution in [2.24, 2.45) is 11.7 Å². The number of nitrogens with one attached hydrogen (secondary N) is 2. The van der Waals surface area contributed by atoms with Crippen LogP contribution in [0.3, 0.4) is 0 Å². The molecule has 3 unspecified atom stereocenters. The topological polar surface area (TPSA) is 93.4 Å². The van der Waals surface area contributed by atoms with Crippen molar-refractivity contribution in [2.75, 3.05) is 10.6 Å². The average molecular weight is 354 g/mol. The van der Waals surface area contributed by atoms with Gasteiger partial charge in [-0.05, 0) is 44.9 Å². The molecule has 0 aromatic heterocycles. The van der Waals surface area contributed by atoms with Crippen molar-refractivity contribution in [1.82, 2.24) is 0 Å². The fourth-order valence-electron chi connectivity index (χ4n) is 3.30. The van der Waals surface area contributed by atoms with E-state index in [2.05, 4.69) is 10.6 Å². The van der Waals surface area contributed by atoms with Crippen molar-refractivity contribution in [3.05, 3.63) is 18.2 Å². The van der Waals surface area contributed by atoms with E-state index < -0.39 is 11.6 Å². The first-order valence-corrected chi connectivity index (χ1v) is 8.08. The molecular formula is C17H24ClN3O3. The molecule has 0 bridgehead atoms. The molecule has 0 radical (unpaired) electrons. The first-order chi connectivity index (χ1) is 10.9. The van der Waals surface area contributed by atoms with Gasteiger partial charge in [0.25, 0.3) is 5.91 Å². The SMILES string of the molecule is CC1Oc2ccc(NC(=O)C3CCCCC3(C)N)cc2NC1=O.Cl. The minimum Gasteiger partial charge on any atom is -0.479 e. The van der Waals surface area contributed by atoms with Crippen LogP contribution in [0.25, 0.3) is 0 Å². The Balaban J connectivity index is 0.00000208. The molecule has 1 aromatic rings. The van der Waals surface area contributed by atoms with Gasteiger partial charge in [-0.1, -0.05) is 12.8 Å². The summed E-state index contributed by atoms with van der Waals surface area (Å²) in [4.78, 5) is 24.2. The van der Waals surface area contributed by atoms with Crippen molar-refractivity contribution in [3.63, 3.8) is 0 Å². The third-order valence-corrected chi connectivity index (χ3v) is 4.75. The second-order valence-corrected chi connectivity index (χ2v) is 6.75. The van der Waals surface area contributed by atoms with Crippen molar-refractivity contribution >= 4 is 35.6 Å². The van der Waals surface area contributed by atoms with E-state index in [9.17, 15) is 9.59 Å². The molecule has 1 aliphatic carbocycles. The predicted molar refractivity (Wildman–Crippen MR) is 95.6 cm³/mol. The van der Waals surface area contributed by atoms with Gasteiger partial charge >= 0.3 is 0 Å². The number of anilines is 2. The monoisotopic (exact) mass is 353 g/mol. The minimum atomic E-state index is -0.511. The third kappa shape index (κ3) is 3.65. The van der Waals surface area contributed by atoms with Gasteiger partial charge in [0.1, 0.15) is 5.75 Å². The highest BCUT2D eigenvalue weighted by atomic mass is 35.5. The minimum absolute atomic E-state index is 0. The molecule has 0 spiro atoms. The Bertz CT molecular complexity index is 648. The van der Waals surface area contributed by atoms with Gasteiger partial charge < -0.3 is 21.1 Å². The zero-order valence-electron chi connectivity index (χ0n) is 13.9. The van der Waals surface area contributed by atoms with Crippen LogP contribution in [0.5, 0.6) is 5.75 Å². The normalized spacial score (nSPS) is 28.7. The maximum Gasteiger partial charge on any atom is 0.265 e. The summed E-state index contributed by atoms with van der Waals surface area (Å²) in [5.41, 5.74) is 7.02. The Morgan fingerprint density at radius 2 is 2.17 bits per heavy atom.